The molecule has 17 heavy (non-hydrogen) atoms. The highest BCUT2D eigenvalue weighted by atomic mass is 35.5. The lowest BCUT2D eigenvalue weighted by Gasteiger charge is -2.09. The van der Waals surface area contributed by atoms with E-state index >= 15 is 0 Å². The minimum atomic E-state index is 0.373. The Morgan fingerprint density at radius 1 is 1.35 bits per heavy atom. The minimum absolute atomic E-state index is 0.373. The Morgan fingerprint density at radius 2 is 2.24 bits per heavy atom. The molecule has 2 N–H and O–H groups in total. The number of hydrogen-bond acceptors (Lipinski definition) is 2. The number of halogens is 1. The van der Waals surface area contributed by atoms with Crippen molar-refractivity contribution in [2.75, 3.05) is 11.9 Å². The average Bonchev–Trinajstić information content (AvgIpc) is 2.91. The van der Waals surface area contributed by atoms with Gasteiger partial charge in [0, 0.05) is 11.9 Å². The Hall–Kier alpha value is -1.22. The largest absolute Gasteiger partial charge is 0.356 e. The van der Waals surface area contributed by atoms with Crippen molar-refractivity contribution < 1.29 is 0 Å². The van der Waals surface area contributed by atoms with Crippen LogP contribution in [0.4, 0.5) is 5.95 Å². The lowest BCUT2D eigenvalue weighted by molar-refractivity contribution is 0.579. The number of nitrogens with zero attached hydrogens (tertiary/aromatic N) is 1. The molecule has 0 aliphatic heterocycles. The van der Waals surface area contributed by atoms with Gasteiger partial charge in [-0.05, 0) is 37.3 Å². The Morgan fingerprint density at radius 3 is 3.00 bits per heavy atom. The summed E-state index contributed by atoms with van der Waals surface area (Å²) < 4.78 is 0. The van der Waals surface area contributed by atoms with Crippen molar-refractivity contribution in [2.45, 2.75) is 24.6 Å². The van der Waals surface area contributed by atoms with E-state index in [0.29, 0.717) is 11.3 Å². The van der Waals surface area contributed by atoms with Gasteiger partial charge in [-0.1, -0.05) is 12.1 Å². The van der Waals surface area contributed by atoms with Crippen LogP contribution in [0, 0.1) is 5.92 Å². The predicted molar refractivity (Wildman–Crippen MR) is 71.6 cm³/mol. The van der Waals surface area contributed by atoms with Crippen molar-refractivity contribution in [3.63, 3.8) is 0 Å². The smallest absolute Gasteiger partial charge is 0.201 e. The Balaban J connectivity index is 1.65. The molecule has 0 saturated heterocycles. The summed E-state index contributed by atoms with van der Waals surface area (Å²) in [6, 6.07) is 8.07. The Kier molecular flexibility index (Phi) is 2.93. The summed E-state index contributed by atoms with van der Waals surface area (Å²) in [7, 11) is 0. The number of rotatable bonds is 3. The van der Waals surface area contributed by atoms with Crippen LogP contribution in [0.1, 0.15) is 19.3 Å². The van der Waals surface area contributed by atoms with Gasteiger partial charge in [0.1, 0.15) is 0 Å². The second-order valence-corrected chi connectivity index (χ2v) is 5.38. The number of aromatic amines is 1. The number of imidazole rings is 1. The molecule has 1 fully saturated rings. The first kappa shape index (κ1) is 10.9. The number of aromatic nitrogens is 2. The molecule has 1 aliphatic rings. The van der Waals surface area contributed by atoms with Gasteiger partial charge in [-0.15, -0.1) is 11.6 Å². The number of alkyl halides is 1. The third kappa shape index (κ3) is 2.39. The van der Waals surface area contributed by atoms with E-state index in [-0.39, 0.29) is 0 Å². The average molecular weight is 250 g/mol. The summed E-state index contributed by atoms with van der Waals surface area (Å²) in [4.78, 5) is 7.77. The second-order valence-electron chi connectivity index (χ2n) is 4.76. The fourth-order valence-electron chi connectivity index (χ4n) is 2.48. The van der Waals surface area contributed by atoms with Crippen molar-refractivity contribution in [3.8, 4) is 0 Å². The third-order valence-corrected chi connectivity index (χ3v) is 3.82. The molecule has 1 aliphatic carbocycles. The van der Waals surface area contributed by atoms with Crippen LogP contribution in [0.25, 0.3) is 11.0 Å². The molecule has 1 heterocycles. The van der Waals surface area contributed by atoms with Crippen LogP contribution in [-0.4, -0.2) is 21.9 Å². The summed E-state index contributed by atoms with van der Waals surface area (Å²) in [5, 5.41) is 3.74. The van der Waals surface area contributed by atoms with Crippen LogP contribution in [0.3, 0.4) is 0 Å². The van der Waals surface area contributed by atoms with Gasteiger partial charge in [0.2, 0.25) is 5.95 Å². The summed E-state index contributed by atoms with van der Waals surface area (Å²) in [5.74, 6) is 1.55. The van der Waals surface area contributed by atoms with E-state index in [1.54, 1.807) is 0 Å². The quantitative estimate of drug-likeness (QED) is 0.819. The van der Waals surface area contributed by atoms with Crippen LogP contribution in [0.5, 0.6) is 0 Å². The van der Waals surface area contributed by atoms with Gasteiger partial charge < -0.3 is 10.3 Å². The summed E-state index contributed by atoms with van der Waals surface area (Å²) in [5.41, 5.74) is 2.09. The molecule has 2 unspecified atom stereocenters. The number of H-pyrrole nitrogens is 1. The Labute approximate surface area is 106 Å². The molecular weight excluding hydrogens is 234 g/mol. The van der Waals surface area contributed by atoms with E-state index in [1.165, 1.54) is 6.42 Å². The van der Waals surface area contributed by atoms with E-state index in [4.69, 9.17) is 11.6 Å². The molecular formula is C13H16ClN3. The van der Waals surface area contributed by atoms with Crippen LogP contribution in [0.2, 0.25) is 0 Å². The lowest BCUT2D eigenvalue weighted by Crippen LogP contribution is -2.12. The fraction of sp³-hybridized carbons (Fsp3) is 0.462. The highest BCUT2D eigenvalue weighted by molar-refractivity contribution is 6.20. The van der Waals surface area contributed by atoms with Gasteiger partial charge in [-0.25, -0.2) is 4.98 Å². The lowest BCUT2D eigenvalue weighted by atomic mass is 10.1. The van der Waals surface area contributed by atoms with E-state index in [9.17, 15) is 0 Å². The van der Waals surface area contributed by atoms with Crippen molar-refractivity contribution in [2.24, 2.45) is 5.92 Å². The van der Waals surface area contributed by atoms with Gasteiger partial charge >= 0.3 is 0 Å². The molecule has 3 rings (SSSR count). The number of benzene rings is 1. The maximum atomic E-state index is 6.10. The van der Waals surface area contributed by atoms with Gasteiger partial charge in [0.25, 0.3) is 0 Å². The van der Waals surface area contributed by atoms with Crippen molar-refractivity contribution >= 4 is 28.6 Å². The molecule has 3 nitrogen and oxygen atoms in total. The topological polar surface area (TPSA) is 40.7 Å². The molecule has 1 aromatic carbocycles. The van der Waals surface area contributed by atoms with Crippen molar-refractivity contribution in [1.82, 2.24) is 9.97 Å². The standard InChI is InChI=1S/C13H16ClN3/c14-10-6-5-9(7-10)8-15-13-16-11-3-1-2-4-12(11)17-13/h1-4,9-10H,5-8H2,(H2,15,16,17). The third-order valence-electron chi connectivity index (χ3n) is 3.42. The SMILES string of the molecule is ClC1CCC(CNc2nc3ccccc3[nH]2)C1. The van der Waals surface area contributed by atoms with E-state index in [2.05, 4.69) is 15.3 Å². The number of anilines is 1. The highest BCUT2D eigenvalue weighted by Gasteiger charge is 2.22. The minimum Gasteiger partial charge on any atom is -0.356 e. The fourth-order valence-corrected chi connectivity index (χ4v) is 2.85. The molecule has 0 bridgehead atoms. The number of fused-ring (bicyclic) bond motifs is 1. The Bertz CT molecular complexity index is 475. The second kappa shape index (κ2) is 4.57. The summed E-state index contributed by atoms with van der Waals surface area (Å²) in [6.45, 7) is 0.961. The van der Waals surface area contributed by atoms with Gasteiger partial charge in [0.05, 0.1) is 11.0 Å². The molecule has 90 valence electrons. The summed E-state index contributed by atoms with van der Waals surface area (Å²) in [6.07, 6.45) is 3.49. The first-order chi connectivity index (χ1) is 8.31. The van der Waals surface area contributed by atoms with Crippen LogP contribution in [-0.2, 0) is 0 Å². The van der Waals surface area contributed by atoms with Crippen LogP contribution < -0.4 is 5.32 Å². The van der Waals surface area contributed by atoms with Crippen LogP contribution in [0.15, 0.2) is 24.3 Å². The molecule has 2 atom stereocenters. The van der Waals surface area contributed by atoms with Gasteiger partial charge in [0.15, 0.2) is 0 Å². The highest BCUT2D eigenvalue weighted by Crippen LogP contribution is 2.29. The maximum Gasteiger partial charge on any atom is 0.201 e. The number of nitrogens with one attached hydrogen (secondary N) is 2. The zero-order chi connectivity index (χ0) is 11.7. The summed E-state index contributed by atoms with van der Waals surface area (Å²) >= 11 is 6.10. The molecule has 2 aromatic rings. The maximum absolute atomic E-state index is 6.10. The number of hydrogen-bond donors (Lipinski definition) is 2. The monoisotopic (exact) mass is 249 g/mol. The van der Waals surface area contributed by atoms with E-state index < -0.39 is 0 Å². The van der Waals surface area contributed by atoms with Crippen LogP contribution >= 0.6 is 11.6 Å². The molecule has 1 saturated carbocycles. The number of para-hydroxylation sites is 2. The molecule has 4 heteroatoms. The van der Waals surface area contributed by atoms with Gasteiger partial charge in [-0.3, -0.25) is 0 Å². The first-order valence-corrected chi connectivity index (χ1v) is 6.57. The molecule has 0 radical (unpaired) electrons. The first-order valence-electron chi connectivity index (χ1n) is 6.14. The molecule has 0 spiro atoms. The zero-order valence-electron chi connectivity index (χ0n) is 9.62. The molecule has 1 aromatic heterocycles. The molecule has 0 amide bonds. The normalized spacial score (nSPS) is 24.3. The van der Waals surface area contributed by atoms with Crippen molar-refractivity contribution in [3.05, 3.63) is 24.3 Å². The van der Waals surface area contributed by atoms with E-state index in [0.717, 1.165) is 36.4 Å². The zero-order valence-corrected chi connectivity index (χ0v) is 10.4. The van der Waals surface area contributed by atoms with E-state index in [1.807, 2.05) is 24.3 Å². The predicted octanol–water partition coefficient (Wildman–Crippen LogP) is 3.38. The van der Waals surface area contributed by atoms with Crippen molar-refractivity contribution in [1.29, 1.82) is 0 Å². The van der Waals surface area contributed by atoms with Gasteiger partial charge in [-0.2, -0.15) is 0 Å².